The molecule has 1 aromatic heterocycles. The number of carbonyl (C=O) groups is 4. The lowest BCUT2D eigenvalue weighted by Crippen LogP contribution is -2.55. The molecule has 4 amide bonds. The standard InChI is InChI=1S/C27H26FN5O6/c1-39-21-10-8-20(9-11-21)30-27(38)33-14-13-32(26(37)18-3-2-12-29-16-18)25(33)24(36)31-22(15-23(34)35)17-4-6-19(28)7-5-17/h2-12,16,22,25H,13-15H2,1H3,(H,30,38)(H,31,36)(H,34,35). The van der Waals surface area contributed by atoms with Crippen molar-refractivity contribution < 1.29 is 33.4 Å². The Morgan fingerprint density at radius 3 is 2.36 bits per heavy atom. The van der Waals surface area contributed by atoms with Crippen LogP contribution in [0, 0.1) is 5.82 Å². The van der Waals surface area contributed by atoms with Crippen molar-refractivity contribution in [3.05, 3.63) is 90.0 Å². The molecular weight excluding hydrogens is 509 g/mol. The topological polar surface area (TPSA) is 141 Å². The Bertz CT molecular complexity index is 1340. The summed E-state index contributed by atoms with van der Waals surface area (Å²) in [5.41, 5.74) is 1.00. The molecule has 0 spiro atoms. The summed E-state index contributed by atoms with van der Waals surface area (Å²) in [6, 6.07) is 13.0. The molecule has 0 bridgehead atoms. The lowest BCUT2D eigenvalue weighted by atomic mass is 10.0. The van der Waals surface area contributed by atoms with Gasteiger partial charge in [0.25, 0.3) is 11.8 Å². The highest BCUT2D eigenvalue weighted by atomic mass is 19.1. The van der Waals surface area contributed by atoms with Gasteiger partial charge in [0.05, 0.1) is 25.1 Å². The van der Waals surface area contributed by atoms with Gasteiger partial charge in [-0.1, -0.05) is 12.1 Å². The zero-order chi connectivity index (χ0) is 27.9. The monoisotopic (exact) mass is 535 g/mol. The van der Waals surface area contributed by atoms with Gasteiger partial charge in [-0.3, -0.25) is 24.3 Å². The van der Waals surface area contributed by atoms with E-state index < -0.39 is 48.3 Å². The normalized spacial score (nSPS) is 15.4. The van der Waals surface area contributed by atoms with E-state index in [4.69, 9.17) is 4.74 Å². The molecule has 39 heavy (non-hydrogen) atoms. The Balaban J connectivity index is 1.62. The van der Waals surface area contributed by atoms with Gasteiger partial charge in [0.2, 0.25) is 0 Å². The number of hydrogen-bond donors (Lipinski definition) is 3. The van der Waals surface area contributed by atoms with Gasteiger partial charge in [0.15, 0.2) is 6.17 Å². The van der Waals surface area contributed by atoms with Crippen LogP contribution in [-0.2, 0) is 9.59 Å². The molecule has 1 aliphatic heterocycles. The molecule has 1 fully saturated rings. The number of halogens is 1. The zero-order valence-corrected chi connectivity index (χ0v) is 20.9. The van der Waals surface area contributed by atoms with Crippen LogP contribution in [-0.4, -0.2) is 70.1 Å². The first-order valence-electron chi connectivity index (χ1n) is 12.0. The number of ether oxygens (including phenoxy) is 1. The quantitative estimate of drug-likeness (QED) is 0.403. The van der Waals surface area contributed by atoms with Crippen LogP contribution < -0.4 is 15.4 Å². The number of aromatic nitrogens is 1. The third kappa shape index (κ3) is 6.47. The van der Waals surface area contributed by atoms with Crippen LogP contribution >= 0.6 is 0 Å². The Hall–Kier alpha value is -5.00. The number of amides is 4. The summed E-state index contributed by atoms with van der Waals surface area (Å²) in [6.07, 6.45) is 0.952. The molecule has 3 aromatic rings. The fourth-order valence-corrected chi connectivity index (χ4v) is 4.23. The van der Waals surface area contributed by atoms with Crippen molar-refractivity contribution in [1.82, 2.24) is 20.1 Å². The number of pyridine rings is 1. The molecule has 11 nitrogen and oxygen atoms in total. The number of carboxylic acid groups (broad SMARTS) is 1. The minimum Gasteiger partial charge on any atom is -0.497 e. The van der Waals surface area contributed by atoms with Crippen molar-refractivity contribution in [2.75, 3.05) is 25.5 Å². The van der Waals surface area contributed by atoms with E-state index in [1.165, 1.54) is 47.5 Å². The van der Waals surface area contributed by atoms with Gasteiger partial charge < -0.3 is 25.4 Å². The van der Waals surface area contributed by atoms with Crippen molar-refractivity contribution in [2.45, 2.75) is 18.6 Å². The number of aliphatic carboxylic acids is 1. The second kappa shape index (κ2) is 12.0. The molecule has 2 unspecified atom stereocenters. The van der Waals surface area contributed by atoms with E-state index >= 15 is 0 Å². The summed E-state index contributed by atoms with van der Waals surface area (Å²) in [5, 5.41) is 14.8. The lowest BCUT2D eigenvalue weighted by molar-refractivity contribution is -0.138. The summed E-state index contributed by atoms with van der Waals surface area (Å²) in [7, 11) is 1.51. The van der Waals surface area contributed by atoms with Gasteiger partial charge >= 0.3 is 12.0 Å². The first-order valence-corrected chi connectivity index (χ1v) is 12.0. The number of benzene rings is 2. The second-order valence-electron chi connectivity index (χ2n) is 8.68. The van der Waals surface area contributed by atoms with E-state index in [0.29, 0.717) is 17.0 Å². The summed E-state index contributed by atoms with van der Waals surface area (Å²) in [5.74, 6) is -2.44. The molecule has 2 aromatic carbocycles. The first-order chi connectivity index (χ1) is 18.8. The van der Waals surface area contributed by atoms with Crippen LogP contribution in [0.15, 0.2) is 73.1 Å². The van der Waals surface area contributed by atoms with Crippen LogP contribution in [0.25, 0.3) is 0 Å². The Morgan fingerprint density at radius 2 is 1.74 bits per heavy atom. The average molecular weight is 536 g/mol. The maximum absolute atomic E-state index is 13.6. The predicted molar refractivity (Wildman–Crippen MR) is 137 cm³/mol. The Labute approximate surface area is 223 Å². The second-order valence-corrected chi connectivity index (χ2v) is 8.68. The van der Waals surface area contributed by atoms with Gasteiger partial charge in [0, 0.05) is 31.2 Å². The van der Waals surface area contributed by atoms with Crippen molar-refractivity contribution in [3.63, 3.8) is 0 Å². The number of nitrogens with one attached hydrogen (secondary N) is 2. The molecule has 0 saturated carbocycles. The number of methoxy groups -OCH3 is 1. The molecule has 0 aliphatic carbocycles. The van der Waals surface area contributed by atoms with Crippen molar-refractivity contribution in [2.24, 2.45) is 0 Å². The van der Waals surface area contributed by atoms with Gasteiger partial charge in [-0.25, -0.2) is 9.18 Å². The Morgan fingerprint density at radius 1 is 1.05 bits per heavy atom. The molecule has 1 saturated heterocycles. The van der Waals surface area contributed by atoms with Crippen molar-refractivity contribution in [1.29, 1.82) is 0 Å². The zero-order valence-electron chi connectivity index (χ0n) is 20.9. The molecule has 202 valence electrons. The molecule has 0 radical (unpaired) electrons. The fourth-order valence-electron chi connectivity index (χ4n) is 4.23. The molecule has 3 N–H and O–H groups in total. The van der Waals surface area contributed by atoms with E-state index in [-0.39, 0.29) is 18.7 Å². The van der Waals surface area contributed by atoms with Gasteiger partial charge in [-0.05, 0) is 54.1 Å². The summed E-state index contributed by atoms with van der Waals surface area (Å²) >= 11 is 0. The van der Waals surface area contributed by atoms with Crippen LogP contribution in [0.4, 0.5) is 14.9 Å². The van der Waals surface area contributed by atoms with Crippen LogP contribution in [0.1, 0.15) is 28.4 Å². The van der Waals surface area contributed by atoms with E-state index in [1.807, 2.05) is 0 Å². The van der Waals surface area contributed by atoms with E-state index in [1.54, 1.807) is 30.3 Å². The van der Waals surface area contributed by atoms with E-state index in [9.17, 15) is 28.7 Å². The molecular formula is C27H26FN5O6. The van der Waals surface area contributed by atoms with Crippen LogP contribution in [0.5, 0.6) is 5.75 Å². The number of nitrogens with zero attached hydrogens (tertiary/aromatic N) is 3. The maximum Gasteiger partial charge on any atom is 0.323 e. The number of hydrogen-bond acceptors (Lipinski definition) is 6. The third-order valence-corrected chi connectivity index (χ3v) is 6.15. The SMILES string of the molecule is COc1ccc(NC(=O)N2CCN(C(=O)c3cccnc3)C2C(=O)NC(CC(=O)O)c2ccc(F)cc2)cc1. The van der Waals surface area contributed by atoms with E-state index in [0.717, 1.165) is 12.1 Å². The van der Waals surface area contributed by atoms with Gasteiger partial charge in [0.1, 0.15) is 11.6 Å². The van der Waals surface area contributed by atoms with Crippen molar-refractivity contribution in [3.8, 4) is 5.75 Å². The first kappa shape index (κ1) is 27.0. The molecule has 2 atom stereocenters. The van der Waals surface area contributed by atoms with Crippen molar-refractivity contribution >= 4 is 29.5 Å². The highest BCUT2D eigenvalue weighted by Gasteiger charge is 2.43. The smallest absolute Gasteiger partial charge is 0.323 e. The van der Waals surface area contributed by atoms with Gasteiger partial charge in [-0.15, -0.1) is 0 Å². The minimum atomic E-state index is -1.40. The van der Waals surface area contributed by atoms with Gasteiger partial charge in [-0.2, -0.15) is 0 Å². The predicted octanol–water partition coefficient (Wildman–Crippen LogP) is 2.88. The number of anilines is 1. The molecule has 12 heteroatoms. The number of carboxylic acids is 1. The maximum atomic E-state index is 13.6. The molecule has 2 heterocycles. The van der Waals surface area contributed by atoms with Crippen LogP contribution in [0.3, 0.4) is 0 Å². The third-order valence-electron chi connectivity index (χ3n) is 6.15. The minimum absolute atomic E-state index is 0.0340. The lowest BCUT2D eigenvalue weighted by Gasteiger charge is -2.30. The molecule has 1 aliphatic rings. The number of urea groups is 1. The summed E-state index contributed by atoms with van der Waals surface area (Å²) in [6.45, 7) is 0.0776. The number of carbonyl (C=O) groups excluding carboxylic acids is 3. The highest BCUT2D eigenvalue weighted by molar-refractivity contribution is 6.00. The largest absolute Gasteiger partial charge is 0.497 e. The average Bonchev–Trinajstić information content (AvgIpc) is 3.39. The highest BCUT2D eigenvalue weighted by Crippen LogP contribution is 2.24. The molecule has 4 rings (SSSR count). The summed E-state index contributed by atoms with van der Waals surface area (Å²) in [4.78, 5) is 58.2. The fraction of sp³-hybridized carbons (Fsp3) is 0.222. The number of rotatable bonds is 8. The Kier molecular flexibility index (Phi) is 8.34. The summed E-state index contributed by atoms with van der Waals surface area (Å²) < 4.78 is 18.6. The van der Waals surface area contributed by atoms with E-state index in [2.05, 4.69) is 15.6 Å². The van der Waals surface area contributed by atoms with Crippen LogP contribution in [0.2, 0.25) is 0 Å².